The molecule has 0 bridgehead atoms. The summed E-state index contributed by atoms with van der Waals surface area (Å²) < 4.78 is 24.2. The average Bonchev–Trinajstić information content (AvgIpc) is 3.63. The highest BCUT2D eigenvalue weighted by molar-refractivity contribution is 7.98. The Hall–Kier alpha value is -3.50. The third-order valence-corrected chi connectivity index (χ3v) is 7.25. The van der Waals surface area contributed by atoms with E-state index in [2.05, 4.69) is 22.2 Å². The Labute approximate surface area is 211 Å². The number of fused-ring (bicyclic) bond motifs is 1. The number of thiazole rings is 1. The second kappa shape index (κ2) is 10.4. The SMILES string of the molecule is C=CCn1c(SCc2csc(-c3ccc4c(c3)OCO4)n2)nnc1C(C)Oc1ccc(OC)cc1. The van der Waals surface area contributed by atoms with Crippen LogP contribution in [0.15, 0.2) is 65.7 Å². The molecule has 35 heavy (non-hydrogen) atoms. The summed E-state index contributed by atoms with van der Waals surface area (Å²) >= 11 is 3.19. The lowest BCUT2D eigenvalue weighted by Crippen LogP contribution is -2.12. The van der Waals surface area contributed by atoms with Crippen LogP contribution in [0.25, 0.3) is 10.6 Å². The van der Waals surface area contributed by atoms with Crippen molar-refractivity contribution in [2.24, 2.45) is 0 Å². The lowest BCUT2D eigenvalue weighted by molar-refractivity contribution is 0.174. The molecule has 0 fully saturated rings. The Morgan fingerprint density at radius 3 is 2.74 bits per heavy atom. The van der Waals surface area contributed by atoms with E-state index in [-0.39, 0.29) is 12.9 Å². The van der Waals surface area contributed by atoms with Crippen molar-refractivity contribution < 1.29 is 18.9 Å². The van der Waals surface area contributed by atoms with Crippen molar-refractivity contribution in [2.45, 2.75) is 30.5 Å². The number of hydrogen-bond donors (Lipinski definition) is 0. The summed E-state index contributed by atoms with van der Waals surface area (Å²) in [5.41, 5.74) is 1.99. The maximum atomic E-state index is 6.09. The summed E-state index contributed by atoms with van der Waals surface area (Å²) in [6.07, 6.45) is 1.54. The second-order valence-corrected chi connectivity index (χ2v) is 9.48. The number of aromatic nitrogens is 4. The lowest BCUT2D eigenvalue weighted by Gasteiger charge is -2.16. The summed E-state index contributed by atoms with van der Waals surface area (Å²) in [5.74, 6) is 4.45. The summed E-state index contributed by atoms with van der Waals surface area (Å²) in [4.78, 5) is 4.80. The summed E-state index contributed by atoms with van der Waals surface area (Å²) in [6.45, 7) is 6.69. The highest BCUT2D eigenvalue weighted by atomic mass is 32.2. The second-order valence-electron chi connectivity index (χ2n) is 7.68. The third kappa shape index (κ3) is 5.13. The minimum Gasteiger partial charge on any atom is -0.497 e. The predicted molar refractivity (Wildman–Crippen MR) is 135 cm³/mol. The Balaban J connectivity index is 1.27. The van der Waals surface area contributed by atoms with E-state index in [1.54, 1.807) is 30.2 Å². The van der Waals surface area contributed by atoms with Crippen molar-refractivity contribution in [1.82, 2.24) is 19.7 Å². The first kappa shape index (κ1) is 23.3. The lowest BCUT2D eigenvalue weighted by atomic mass is 10.2. The molecule has 0 spiro atoms. The van der Waals surface area contributed by atoms with E-state index in [4.69, 9.17) is 23.9 Å². The van der Waals surface area contributed by atoms with Crippen LogP contribution in [0.1, 0.15) is 24.5 Å². The Bertz CT molecular complexity index is 1320. The van der Waals surface area contributed by atoms with E-state index in [9.17, 15) is 0 Å². The third-order valence-electron chi connectivity index (χ3n) is 5.31. The van der Waals surface area contributed by atoms with E-state index in [0.717, 1.165) is 50.2 Å². The van der Waals surface area contributed by atoms with Gasteiger partial charge in [-0.05, 0) is 49.4 Å². The fraction of sp³-hybridized carbons (Fsp3) is 0.240. The maximum Gasteiger partial charge on any atom is 0.231 e. The maximum absolute atomic E-state index is 6.09. The van der Waals surface area contributed by atoms with Crippen molar-refractivity contribution in [3.63, 3.8) is 0 Å². The van der Waals surface area contributed by atoms with Gasteiger partial charge in [-0.3, -0.25) is 4.57 Å². The van der Waals surface area contributed by atoms with Gasteiger partial charge in [0.15, 0.2) is 28.6 Å². The number of thioether (sulfide) groups is 1. The zero-order valence-corrected chi connectivity index (χ0v) is 21.0. The van der Waals surface area contributed by atoms with Gasteiger partial charge in [0.2, 0.25) is 6.79 Å². The highest BCUT2D eigenvalue weighted by Gasteiger charge is 2.20. The first-order chi connectivity index (χ1) is 17.1. The van der Waals surface area contributed by atoms with Gasteiger partial charge in [0.1, 0.15) is 16.5 Å². The van der Waals surface area contributed by atoms with Crippen LogP contribution in [0.2, 0.25) is 0 Å². The molecule has 0 saturated heterocycles. The van der Waals surface area contributed by atoms with Gasteiger partial charge in [-0.1, -0.05) is 17.8 Å². The van der Waals surface area contributed by atoms with Gasteiger partial charge < -0.3 is 18.9 Å². The van der Waals surface area contributed by atoms with Crippen LogP contribution >= 0.6 is 23.1 Å². The van der Waals surface area contributed by atoms with E-state index < -0.39 is 0 Å². The Morgan fingerprint density at radius 1 is 1.14 bits per heavy atom. The van der Waals surface area contributed by atoms with E-state index in [0.29, 0.717) is 12.3 Å². The molecular formula is C25H24N4O4S2. The molecule has 4 aromatic rings. The smallest absolute Gasteiger partial charge is 0.231 e. The molecule has 0 N–H and O–H groups in total. The molecule has 1 unspecified atom stereocenters. The van der Waals surface area contributed by atoms with Gasteiger partial charge in [0, 0.05) is 23.2 Å². The number of hydrogen-bond acceptors (Lipinski definition) is 9. The number of methoxy groups -OCH3 is 1. The average molecular weight is 509 g/mol. The van der Waals surface area contributed by atoms with Crippen molar-refractivity contribution in [2.75, 3.05) is 13.9 Å². The zero-order valence-electron chi connectivity index (χ0n) is 19.3. The molecule has 10 heteroatoms. The number of nitrogens with zero attached hydrogens (tertiary/aromatic N) is 4. The molecule has 0 aliphatic carbocycles. The molecule has 0 saturated carbocycles. The standard InChI is InChI=1S/C25H24N4O4S2/c1-4-11-29-23(16(2)33-20-8-6-19(30-3)7-9-20)27-28-25(29)35-14-18-13-34-24(26-18)17-5-10-21-22(12-17)32-15-31-21/h4-10,12-13,16H,1,11,14-15H2,2-3H3. The first-order valence-electron chi connectivity index (χ1n) is 11.0. The van der Waals surface area contributed by atoms with Crippen molar-refractivity contribution in [3.8, 4) is 33.6 Å². The first-order valence-corrected chi connectivity index (χ1v) is 12.8. The van der Waals surface area contributed by atoms with Crippen LogP contribution in [0, 0.1) is 0 Å². The van der Waals surface area contributed by atoms with Gasteiger partial charge in [0.25, 0.3) is 0 Å². The summed E-state index contributed by atoms with van der Waals surface area (Å²) in [5, 5.41) is 12.6. The Kier molecular flexibility index (Phi) is 6.91. The normalized spacial score (nSPS) is 13.0. The molecule has 2 aromatic heterocycles. The van der Waals surface area contributed by atoms with Crippen LogP contribution in [-0.2, 0) is 12.3 Å². The van der Waals surface area contributed by atoms with Crippen molar-refractivity contribution in [1.29, 1.82) is 0 Å². The number of allylic oxidation sites excluding steroid dienone is 1. The van der Waals surface area contributed by atoms with Crippen LogP contribution in [0.4, 0.5) is 0 Å². The predicted octanol–water partition coefficient (Wildman–Crippen LogP) is 5.76. The molecule has 5 rings (SSSR count). The largest absolute Gasteiger partial charge is 0.497 e. The molecular weight excluding hydrogens is 484 g/mol. The Morgan fingerprint density at radius 2 is 1.94 bits per heavy atom. The van der Waals surface area contributed by atoms with E-state index in [1.165, 1.54) is 0 Å². The fourth-order valence-electron chi connectivity index (χ4n) is 3.59. The molecule has 0 amide bonds. The van der Waals surface area contributed by atoms with Crippen LogP contribution in [-0.4, -0.2) is 33.7 Å². The summed E-state index contributed by atoms with van der Waals surface area (Å²) in [7, 11) is 1.64. The van der Waals surface area contributed by atoms with Gasteiger partial charge >= 0.3 is 0 Å². The highest BCUT2D eigenvalue weighted by Crippen LogP contribution is 2.37. The monoisotopic (exact) mass is 508 g/mol. The minimum atomic E-state index is -0.290. The van der Waals surface area contributed by atoms with Crippen LogP contribution in [0.3, 0.4) is 0 Å². The van der Waals surface area contributed by atoms with Crippen LogP contribution in [0.5, 0.6) is 23.0 Å². The molecule has 1 aliphatic rings. The molecule has 0 radical (unpaired) electrons. The van der Waals surface area contributed by atoms with E-state index in [1.807, 2.05) is 60.0 Å². The molecule has 1 atom stereocenters. The molecule has 1 aliphatic heterocycles. The van der Waals surface area contributed by atoms with Gasteiger partial charge in [-0.15, -0.1) is 28.1 Å². The zero-order chi connectivity index (χ0) is 24.2. The quantitative estimate of drug-likeness (QED) is 0.198. The summed E-state index contributed by atoms with van der Waals surface area (Å²) in [6, 6.07) is 13.4. The van der Waals surface area contributed by atoms with Gasteiger partial charge in [-0.2, -0.15) is 0 Å². The van der Waals surface area contributed by atoms with Crippen molar-refractivity contribution >= 4 is 23.1 Å². The van der Waals surface area contributed by atoms with E-state index >= 15 is 0 Å². The van der Waals surface area contributed by atoms with Crippen LogP contribution < -0.4 is 18.9 Å². The molecule has 8 nitrogen and oxygen atoms in total. The topological polar surface area (TPSA) is 80.5 Å². The minimum absolute atomic E-state index is 0.260. The van der Waals surface area contributed by atoms with Gasteiger partial charge in [0.05, 0.1) is 12.8 Å². The fourth-order valence-corrected chi connectivity index (χ4v) is 5.36. The number of rotatable bonds is 10. The number of ether oxygens (including phenoxy) is 4. The van der Waals surface area contributed by atoms with Gasteiger partial charge in [-0.25, -0.2) is 4.98 Å². The van der Waals surface area contributed by atoms with Crippen molar-refractivity contribution in [3.05, 3.63) is 72.0 Å². The molecule has 2 aromatic carbocycles. The molecule has 180 valence electrons. The molecule has 3 heterocycles. The number of benzene rings is 2.